The van der Waals surface area contributed by atoms with Crippen molar-refractivity contribution >= 4 is 11.9 Å². The molecule has 0 spiro atoms. The van der Waals surface area contributed by atoms with Crippen LogP contribution in [0.4, 0.5) is 0 Å². The summed E-state index contributed by atoms with van der Waals surface area (Å²) >= 11 is 0. The molecule has 2 fully saturated rings. The van der Waals surface area contributed by atoms with Gasteiger partial charge in [-0.1, -0.05) is 6.92 Å². The molecule has 102 valence electrons. The fourth-order valence-corrected chi connectivity index (χ4v) is 2.84. The molecular formula is C14H23NO3. The Labute approximate surface area is 108 Å². The molecule has 0 aromatic rings. The number of hydrogen-bond donors (Lipinski definition) is 1. The number of piperidine rings is 1. The lowest BCUT2D eigenvalue weighted by molar-refractivity contribution is -0.138. The molecule has 18 heavy (non-hydrogen) atoms. The Morgan fingerprint density at radius 1 is 1.33 bits per heavy atom. The summed E-state index contributed by atoms with van der Waals surface area (Å²) in [4.78, 5) is 24.8. The Morgan fingerprint density at radius 2 is 2.06 bits per heavy atom. The molecule has 0 aromatic heterocycles. The van der Waals surface area contributed by atoms with Gasteiger partial charge in [0.15, 0.2) is 0 Å². The number of hydrogen-bond acceptors (Lipinski definition) is 2. The van der Waals surface area contributed by atoms with E-state index in [1.165, 1.54) is 12.8 Å². The molecule has 1 amide bonds. The van der Waals surface area contributed by atoms with E-state index in [1.807, 2.05) is 11.8 Å². The number of carboxylic acids is 1. The van der Waals surface area contributed by atoms with E-state index in [2.05, 4.69) is 0 Å². The average molecular weight is 253 g/mol. The lowest BCUT2D eigenvalue weighted by Crippen LogP contribution is -2.42. The third-order valence-electron chi connectivity index (χ3n) is 4.27. The van der Waals surface area contributed by atoms with Crippen molar-refractivity contribution in [2.45, 2.75) is 45.4 Å². The minimum atomic E-state index is -0.732. The van der Waals surface area contributed by atoms with Crippen LogP contribution < -0.4 is 0 Å². The van der Waals surface area contributed by atoms with Crippen LogP contribution in [0, 0.1) is 17.8 Å². The maximum absolute atomic E-state index is 12.0. The molecule has 2 aliphatic rings. The predicted octanol–water partition coefficient (Wildman–Crippen LogP) is 2.14. The third kappa shape index (κ3) is 3.72. The number of carbonyl (C=O) groups is 2. The van der Waals surface area contributed by atoms with Gasteiger partial charge in [-0.15, -0.1) is 0 Å². The summed E-state index contributed by atoms with van der Waals surface area (Å²) in [5.74, 6) is 0.708. The summed E-state index contributed by atoms with van der Waals surface area (Å²) in [5, 5.41) is 8.84. The first kappa shape index (κ1) is 13.4. The van der Waals surface area contributed by atoms with Gasteiger partial charge in [-0.2, -0.15) is 0 Å². The average Bonchev–Trinajstić information content (AvgIpc) is 3.12. The van der Waals surface area contributed by atoms with Crippen molar-refractivity contribution < 1.29 is 14.7 Å². The van der Waals surface area contributed by atoms with Gasteiger partial charge >= 0.3 is 5.97 Å². The summed E-state index contributed by atoms with van der Waals surface area (Å²) < 4.78 is 0. The molecule has 1 aliphatic heterocycles. The first-order valence-corrected chi connectivity index (χ1v) is 7.06. The first-order valence-electron chi connectivity index (χ1n) is 7.06. The van der Waals surface area contributed by atoms with Crippen molar-refractivity contribution in [1.29, 1.82) is 0 Å². The molecule has 0 radical (unpaired) electrons. The Bertz CT molecular complexity index is 325. The van der Waals surface area contributed by atoms with E-state index in [0.717, 1.165) is 25.9 Å². The summed E-state index contributed by atoms with van der Waals surface area (Å²) in [6, 6.07) is 0. The topological polar surface area (TPSA) is 57.6 Å². The quantitative estimate of drug-likeness (QED) is 0.816. The van der Waals surface area contributed by atoms with Gasteiger partial charge in [-0.3, -0.25) is 9.59 Å². The Kier molecular flexibility index (Phi) is 4.25. The zero-order chi connectivity index (χ0) is 13.1. The van der Waals surface area contributed by atoms with Crippen LogP contribution in [0.15, 0.2) is 0 Å². The summed E-state index contributed by atoms with van der Waals surface area (Å²) in [7, 11) is 0. The molecule has 2 rings (SSSR count). The lowest BCUT2D eigenvalue weighted by Gasteiger charge is -2.35. The van der Waals surface area contributed by atoms with Crippen LogP contribution in [0.1, 0.15) is 45.4 Å². The Hall–Kier alpha value is -1.06. The van der Waals surface area contributed by atoms with E-state index in [1.54, 1.807) is 0 Å². The number of amides is 1. The summed E-state index contributed by atoms with van der Waals surface area (Å²) in [5.41, 5.74) is 0. The molecule has 1 N–H and O–H groups in total. The highest BCUT2D eigenvalue weighted by Gasteiger charge is 2.31. The first-order chi connectivity index (χ1) is 8.56. The minimum Gasteiger partial charge on any atom is -0.481 e. The Balaban J connectivity index is 1.82. The maximum atomic E-state index is 12.0. The van der Waals surface area contributed by atoms with Crippen molar-refractivity contribution in [3.63, 3.8) is 0 Å². The lowest BCUT2D eigenvalue weighted by atomic mass is 9.84. The standard InChI is InChI=1S/C14H23NO3/c1-10(7-14(17)18)12-3-2-6-15(9-12)13(16)8-11-4-5-11/h10-12H,2-9H2,1H3,(H,17,18). The van der Waals surface area contributed by atoms with Crippen molar-refractivity contribution in [3.05, 3.63) is 0 Å². The van der Waals surface area contributed by atoms with Crippen LogP contribution >= 0.6 is 0 Å². The van der Waals surface area contributed by atoms with Crippen LogP contribution in [0.25, 0.3) is 0 Å². The fourth-order valence-electron chi connectivity index (χ4n) is 2.84. The van der Waals surface area contributed by atoms with Crippen LogP contribution in [-0.4, -0.2) is 35.0 Å². The van der Waals surface area contributed by atoms with Gasteiger partial charge < -0.3 is 10.0 Å². The van der Waals surface area contributed by atoms with Crippen LogP contribution in [-0.2, 0) is 9.59 Å². The zero-order valence-corrected chi connectivity index (χ0v) is 11.1. The maximum Gasteiger partial charge on any atom is 0.303 e. The number of nitrogens with zero attached hydrogens (tertiary/aromatic N) is 1. The normalized spacial score (nSPS) is 25.8. The van der Waals surface area contributed by atoms with E-state index in [4.69, 9.17) is 5.11 Å². The highest BCUT2D eigenvalue weighted by atomic mass is 16.4. The van der Waals surface area contributed by atoms with Gasteiger partial charge in [-0.05, 0) is 43.4 Å². The second-order valence-corrected chi connectivity index (χ2v) is 5.96. The third-order valence-corrected chi connectivity index (χ3v) is 4.27. The van der Waals surface area contributed by atoms with E-state index in [9.17, 15) is 9.59 Å². The zero-order valence-electron chi connectivity index (χ0n) is 11.1. The number of rotatable bonds is 5. The highest BCUT2D eigenvalue weighted by molar-refractivity contribution is 5.76. The van der Waals surface area contributed by atoms with Crippen LogP contribution in [0.3, 0.4) is 0 Å². The monoisotopic (exact) mass is 253 g/mol. The van der Waals surface area contributed by atoms with Crippen molar-refractivity contribution in [2.75, 3.05) is 13.1 Å². The van der Waals surface area contributed by atoms with Gasteiger partial charge in [0.1, 0.15) is 0 Å². The number of likely N-dealkylation sites (tertiary alicyclic amines) is 1. The smallest absolute Gasteiger partial charge is 0.303 e. The molecule has 0 aromatic carbocycles. The minimum absolute atomic E-state index is 0.166. The van der Waals surface area contributed by atoms with E-state index in [0.29, 0.717) is 18.3 Å². The number of aliphatic carboxylic acids is 1. The molecule has 1 heterocycles. The van der Waals surface area contributed by atoms with E-state index >= 15 is 0 Å². The van der Waals surface area contributed by atoms with Crippen molar-refractivity contribution in [2.24, 2.45) is 17.8 Å². The fraction of sp³-hybridized carbons (Fsp3) is 0.857. The predicted molar refractivity (Wildman–Crippen MR) is 68.1 cm³/mol. The van der Waals surface area contributed by atoms with Gasteiger partial charge in [0.2, 0.25) is 5.91 Å². The largest absolute Gasteiger partial charge is 0.481 e. The highest BCUT2D eigenvalue weighted by Crippen LogP contribution is 2.34. The van der Waals surface area contributed by atoms with Crippen molar-refractivity contribution in [3.8, 4) is 0 Å². The molecule has 0 bridgehead atoms. The Morgan fingerprint density at radius 3 is 2.67 bits per heavy atom. The summed E-state index contributed by atoms with van der Waals surface area (Å²) in [6.45, 7) is 3.62. The van der Waals surface area contributed by atoms with Gasteiger partial charge in [0, 0.05) is 25.9 Å². The van der Waals surface area contributed by atoms with Gasteiger partial charge in [0.25, 0.3) is 0 Å². The van der Waals surface area contributed by atoms with Gasteiger partial charge in [-0.25, -0.2) is 0 Å². The van der Waals surface area contributed by atoms with Gasteiger partial charge in [0.05, 0.1) is 0 Å². The summed E-state index contributed by atoms with van der Waals surface area (Å²) in [6.07, 6.45) is 5.42. The molecule has 4 nitrogen and oxygen atoms in total. The molecule has 2 atom stereocenters. The molecule has 1 saturated heterocycles. The molecule has 1 aliphatic carbocycles. The molecule has 4 heteroatoms. The van der Waals surface area contributed by atoms with Crippen molar-refractivity contribution in [1.82, 2.24) is 4.90 Å². The van der Waals surface area contributed by atoms with Crippen LogP contribution in [0.2, 0.25) is 0 Å². The number of carboxylic acid groups (broad SMARTS) is 1. The SMILES string of the molecule is CC(CC(=O)O)C1CCCN(C(=O)CC2CC2)C1. The molecule has 1 saturated carbocycles. The molecular weight excluding hydrogens is 230 g/mol. The second-order valence-electron chi connectivity index (χ2n) is 5.96. The number of carbonyl (C=O) groups excluding carboxylic acids is 1. The van der Waals surface area contributed by atoms with E-state index in [-0.39, 0.29) is 18.2 Å². The van der Waals surface area contributed by atoms with Crippen LogP contribution in [0.5, 0.6) is 0 Å². The molecule has 2 unspecified atom stereocenters. The van der Waals surface area contributed by atoms with E-state index < -0.39 is 5.97 Å². The second kappa shape index (κ2) is 5.72.